The molecule has 1 aliphatic heterocycles. The van der Waals surface area contributed by atoms with E-state index >= 15 is 0 Å². The van der Waals surface area contributed by atoms with Crippen LogP contribution in [0.2, 0.25) is 0 Å². The van der Waals surface area contributed by atoms with Gasteiger partial charge in [0, 0.05) is 32.4 Å². The van der Waals surface area contributed by atoms with Gasteiger partial charge in [0.25, 0.3) is 0 Å². The van der Waals surface area contributed by atoms with E-state index in [9.17, 15) is 4.79 Å². The Labute approximate surface area is 146 Å². The minimum absolute atomic E-state index is 0.0478. The van der Waals surface area contributed by atoms with Crippen LogP contribution in [0.3, 0.4) is 0 Å². The van der Waals surface area contributed by atoms with Gasteiger partial charge in [0.15, 0.2) is 0 Å². The van der Waals surface area contributed by atoms with Crippen molar-refractivity contribution >= 4 is 11.7 Å². The van der Waals surface area contributed by atoms with Crippen molar-refractivity contribution in [2.75, 3.05) is 24.5 Å². The first-order valence-electron chi connectivity index (χ1n) is 9.33. The molecule has 134 valence electrons. The van der Waals surface area contributed by atoms with Gasteiger partial charge in [0.05, 0.1) is 5.41 Å². The van der Waals surface area contributed by atoms with E-state index in [-0.39, 0.29) is 5.91 Å². The molecule has 0 aromatic carbocycles. The number of carbonyl (C=O) groups excluding carboxylic acids is 1. The molecule has 0 saturated carbocycles. The number of pyridine rings is 1. The van der Waals surface area contributed by atoms with Crippen molar-refractivity contribution in [2.24, 2.45) is 11.1 Å². The molecule has 3 N–H and O–H groups in total. The van der Waals surface area contributed by atoms with E-state index < -0.39 is 5.41 Å². The fourth-order valence-corrected chi connectivity index (χ4v) is 3.33. The van der Waals surface area contributed by atoms with E-state index in [4.69, 9.17) is 5.73 Å². The first-order valence-corrected chi connectivity index (χ1v) is 9.33. The second kappa shape index (κ2) is 9.02. The lowest BCUT2D eigenvalue weighted by Crippen LogP contribution is -2.45. The van der Waals surface area contributed by atoms with Gasteiger partial charge in [-0.1, -0.05) is 32.8 Å². The SMILES string of the molecule is CCC(CC)(CN)C(=O)NCc1ccc(N2CCCCCC2)nc1. The number of nitrogens with zero attached hydrogens (tertiary/aromatic N) is 2. The Morgan fingerprint density at radius 3 is 2.38 bits per heavy atom. The van der Waals surface area contributed by atoms with Crippen LogP contribution in [0.15, 0.2) is 18.3 Å². The lowest BCUT2D eigenvalue weighted by atomic mass is 9.81. The van der Waals surface area contributed by atoms with Crippen LogP contribution in [0, 0.1) is 5.41 Å². The summed E-state index contributed by atoms with van der Waals surface area (Å²) in [5, 5.41) is 3.03. The zero-order valence-corrected chi connectivity index (χ0v) is 15.2. The second-order valence-electron chi connectivity index (χ2n) is 6.80. The third-order valence-corrected chi connectivity index (χ3v) is 5.42. The average molecular weight is 332 g/mol. The van der Waals surface area contributed by atoms with Gasteiger partial charge in [-0.3, -0.25) is 4.79 Å². The molecule has 0 spiro atoms. The van der Waals surface area contributed by atoms with E-state index in [2.05, 4.69) is 27.3 Å². The van der Waals surface area contributed by atoms with Crippen LogP contribution >= 0.6 is 0 Å². The summed E-state index contributed by atoms with van der Waals surface area (Å²) in [5.74, 6) is 1.09. The predicted octanol–water partition coefficient (Wildman–Crippen LogP) is 2.84. The summed E-state index contributed by atoms with van der Waals surface area (Å²) in [4.78, 5) is 19.4. The average Bonchev–Trinajstić information content (AvgIpc) is 2.92. The van der Waals surface area contributed by atoms with Crippen molar-refractivity contribution in [1.29, 1.82) is 0 Å². The van der Waals surface area contributed by atoms with Crippen molar-refractivity contribution in [1.82, 2.24) is 10.3 Å². The fraction of sp³-hybridized carbons (Fsp3) is 0.684. The summed E-state index contributed by atoms with van der Waals surface area (Å²) < 4.78 is 0. The molecule has 2 rings (SSSR count). The fourth-order valence-electron chi connectivity index (χ4n) is 3.33. The number of carbonyl (C=O) groups is 1. The van der Waals surface area contributed by atoms with Crippen molar-refractivity contribution in [2.45, 2.75) is 58.9 Å². The summed E-state index contributed by atoms with van der Waals surface area (Å²) in [7, 11) is 0. The molecule has 1 aromatic heterocycles. The zero-order valence-electron chi connectivity index (χ0n) is 15.2. The summed E-state index contributed by atoms with van der Waals surface area (Å²) in [6.45, 7) is 7.12. The third kappa shape index (κ3) is 4.47. The zero-order chi connectivity index (χ0) is 17.4. The smallest absolute Gasteiger partial charge is 0.227 e. The maximum atomic E-state index is 12.5. The normalized spacial score (nSPS) is 15.9. The standard InChI is InChI=1S/C19H32N4O/c1-3-19(4-2,15-20)18(24)22-14-16-9-10-17(21-13-16)23-11-7-5-6-8-12-23/h9-10,13H,3-8,11-12,14-15,20H2,1-2H3,(H,22,24). The van der Waals surface area contributed by atoms with Crippen LogP contribution in [0.4, 0.5) is 5.82 Å². The highest BCUT2D eigenvalue weighted by Crippen LogP contribution is 2.25. The Hall–Kier alpha value is -1.62. The van der Waals surface area contributed by atoms with Crippen LogP contribution < -0.4 is 16.0 Å². The molecule has 0 radical (unpaired) electrons. The minimum atomic E-state index is -0.445. The molecule has 5 nitrogen and oxygen atoms in total. The lowest BCUT2D eigenvalue weighted by molar-refractivity contribution is -0.131. The minimum Gasteiger partial charge on any atom is -0.357 e. The molecule has 1 saturated heterocycles. The van der Waals surface area contributed by atoms with Gasteiger partial charge in [-0.15, -0.1) is 0 Å². The third-order valence-electron chi connectivity index (χ3n) is 5.42. The van der Waals surface area contributed by atoms with Crippen molar-refractivity contribution in [3.63, 3.8) is 0 Å². The molecule has 24 heavy (non-hydrogen) atoms. The Morgan fingerprint density at radius 1 is 1.21 bits per heavy atom. The molecule has 5 heteroatoms. The Morgan fingerprint density at radius 2 is 1.88 bits per heavy atom. The Kier molecular flexibility index (Phi) is 7.03. The molecule has 1 fully saturated rings. The van der Waals surface area contributed by atoms with Crippen molar-refractivity contribution < 1.29 is 4.79 Å². The number of nitrogens with two attached hydrogens (primary N) is 1. The highest BCUT2D eigenvalue weighted by atomic mass is 16.2. The number of rotatable bonds is 7. The van der Waals surface area contributed by atoms with Crippen molar-refractivity contribution in [3.05, 3.63) is 23.9 Å². The molecule has 1 aromatic rings. The maximum Gasteiger partial charge on any atom is 0.227 e. The van der Waals surface area contributed by atoms with E-state index in [1.807, 2.05) is 20.0 Å². The van der Waals surface area contributed by atoms with Gasteiger partial charge < -0.3 is 16.0 Å². The molecule has 0 bridgehead atoms. The number of aromatic nitrogens is 1. The first-order chi connectivity index (χ1) is 11.6. The van der Waals surface area contributed by atoms with Crippen LogP contribution in [0.5, 0.6) is 0 Å². The first kappa shape index (κ1) is 18.7. The number of anilines is 1. The van der Waals surface area contributed by atoms with Crippen LogP contribution in [-0.2, 0) is 11.3 Å². The second-order valence-corrected chi connectivity index (χ2v) is 6.80. The van der Waals surface area contributed by atoms with E-state index in [0.717, 1.165) is 37.3 Å². The monoisotopic (exact) mass is 332 g/mol. The van der Waals surface area contributed by atoms with Crippen molar-refractivity contribution in [3.8, 4) is 0 Å². The molecular formula is C19H32N4O. The Bertz CT molecular complexity index is 494. The molecule has 0 atom stereocenters. The van der Waals surface area contributed by atoms with E-state index in [1.54, 1.807) is 0 Å². The maximum absolute atomic E-state index is 12.5. The number of amides is 1. The number of hydrogen-bond acceptors (Lipinski definition) is 4. The molecule has 1 aliphatic rings. The summed E-state index contributed by atoms with van der Waals surface area (Å²) in [5.41, 5.74) is 6.42. The van der Waals surface area contributed by atoms with Crippen LogP contribution in [0.1, 0.15) is 57.9 Å². The van der Waals surface area contributed by atoms with Gasteiger partial charge in [0.2, 0.25) is 5.91 Å². The van der Waals surface area contributed by atoms with Gasteiger partial charge >= 0.3 is 0 Å². The highest BCUT2D eigenvalue weighted by Gasteiger charge is 2.32. The summed E-state index contributed by atoms with van der Waals surface area (Å²) in [6, 6.07) is 4.14. The predicted molar refractivity (Wildman–Crippen MR) is 98.8 cm³/mol. The van der Waals surface area contributed by atoms with E-state index in [0.29, 0.717) is 13.1 Å². The molecule has 0 aliphatic carbocycles. The Balaban J connectivity index is 1.93. The largest absolute Gasteiger partial charge is 0.357 e. The number of nitrogens with one attached hydrogen (secondary N) is 1. The highest BCUT2D eigenvalue weighted by molar-refractivity contribution is 5.82. The summed E-state index contributed by atoms with van der Waals surface area (Å²) >= 11 is 0. The summed E-state index contributed by atoms with van der Waals surface area (Å²) in [6.07, 6.45) is 8.53. The molecule has 1 amide bonds. The molecule has 0 unspecified atom stereocenters. The van der Waals surface area contributed by atoms with E-state index in [1.165, 1.54) is 25.7 Å². The van der Waals surface area contributed by atoms with Gasteiger partial charge in [-0.05, 0) is 37.3 Å². The molecule has 2 heterocycles. The molecular weight excluding hydrogens is 300 g/mol. The van der Waals surface area contributed by atoms with Gasteiger partial charge in [0.1, 0.15) is 5.82 Å². The van der Waals surface area contributed by atoms with Gasteiger partial charge in [-0.2, -0.15) is 0 Å². The topological polar surface area (TPSA) is 71.2 Å². The number of hydrogen-bond donors (Lipinski definition) is 2. The lowest BCUT2D eigenvalue weighted by Gasteiger charge is -2.28. The van der Waals surface area contributed by atoms with Crippen LogP contribution in [0.25, 0.3) is 0 Å². The van der Waals surface area contributed by atoms with Gasteiger partial charge in [-0.25, -0.2) is 4.98 Å². The van der Waals surface area contributed by atoms with Crippen LogP contribution in [-0.4, -0.2) is 30.5 Å². The quantitative estimate of drug-likeness (QED) is 0.805.